The topological polar surface area (TPSA) is 21.7 Å². The number of nitrogens with zero attached hydrogens (tertiary/aromatic N) is 1. The Morgan fingerprint density at radius 1 is 1.28 bits per heavy atom. The van der Waals surface area contributed by atoms with Crippen molar-refractivity contribution in [3.05, 3.63) is 23.8 Å². The maximum Gasteiger partial charge on any atom is 0.165 e. The third-order valence-corrected chi connectivity index (χ3v) is 3.78. The number of rotatable bonds is 2. The summed E-state index contributed by atoms with van der Waals surface area (Å²) in [6.07, 6.45) is 2.68. The first-order valence-electron chi connectivity index (χ1n) is 6.93. The van der Waals surface area contributed by atoms with Gasteiger partial charge in [0.25, 0.3) is 0 Å². The summed E-state index contributed by atoms with van der Waals surface area (Å²) in [4.78, 5) is 2.53. The van der Waals surface area contributed by atoms with Crippen LogP contribution in [0.1, 0.15) is 25.3 Å². The fourth-order valence-corrected chi connectivity index (χ4v) is 2.93. The third-order valence-electron chi connectivity index (χ3n) is 3.78. The Labute approximate surface area is 109 Å². The number of benzene rings is 1. The molecule has 18 heavy (non-hydrogen) atoms. The summed E-state index contributed by atoms with van der Waals surface area (Å²) >= 11 is 0. The normalized spacial score (nSPS) is 23.9. The molecule has 1 aromatic rings. The van der Waals surface area contributed by atoms with Gasteiger partial charge in [0, 0.05) is 18.7 Å². The van der Waals surface area contributed by atoms with E-state index in [0.717, 1.165) is 24.0 Å². The van der Waals surface area contributed by atoms with Crippen LogP contribution in [0, 0.1) is 5.92 Å². The first-order valence-corrected chi connectivity index (χ1v) is 6.93. The highest BCUT2D eigenvalue weighted by Gasteiger charge is 2.20. The van der Waals surface area contributed by atoms with Crippen molar-refractivity contribution in [2.24, 2.45) is 5.92 Å². The lowest BCUT2D eigenvalue weighted by Crippen LogP contribution is -2.34. The van der Waals surface area contributed by atoms with Crippen molar-refractivity contribution >= 4 is 0 Å². The van der Waals surface area contributed by atoms with Gasteiger partial charge in [0.05, 0.1) is 0 Å². The van der Waals surface area contributed by atoms with E-state index < -0.39 is 0 Å². The highest BCUT2D eigenvalue weighted by Crippen LogP contribution is 2.34. The minimum Gasteiger partial charge on any atom is -0.486 e. The molecule has 1 fully saturated rings. The maximum absolute atomic E-state index is 5.77. The smallest absolute Gasteiger partial charge is 0.165 e. The quantitative estimate of drug-likeness (QED) is 0.802. The van der Waals surface area contributed by atoms with Crippen molar-refractivity contribution in [1.82, 2.24) is 4.90 Å². The summed E-state index contributed by atoms with van der Waals surface area (Å²) in [5, 5.41) is 0. The van der Waals surface area contributed by atoms with Gasteiger partial charge in [0.15, 0.2) is 11.5 Å². The second-order valence-corrected chi connectivity index (χ2v) is 5.42. The van der Waals surface area contributed by atoms with E-state index in [1.807, 2.05) is 6.07 Å². The van der Waals surface area contributed by atoms with E-state index in [1.54, 1.807) is 0 Å². The van der Waals surface area contributed by atoms with Crippen LogP contribution in [-0.2, 0) is 6.54 Å². The monoisotopic (exact) mass is 247 g/mol. The molecule has 2 aliphatic heterocycles. The predicted molar refractivity (Wildman–Crippen MR) is 71.1 cm³/mol. The Morgan fingerprint density at radius 2 is 2.17 bits per heavy atom. The van der Waals surface area contributed by atoms with Crippen LogP contribution < -0.4 is 9.47 Å². The zero-order valence-electron chi connectivity index (χ0n) is 11.0. The van der Waals surface area contributed by atoms with E-state index in [-0.39, 0.29) is 0 Å². The number of hydrogen-bond donors (Lipinski definition) is 0. The molecule has 0 bridgehead atoms. The molecule has 3 heteroatoms. The molecule has 3 nitrogen and oxygen atoms in total. The fraction of sp³-hybridized carbons (Fsp3) is 0.600. The predicted octanol–water partition coefficient (Wildman–Crippen LogP) is 2.69. The van der Waals surface area contributed by atoms with Crippen molar-refractivity contribution < 1.29 is 9.47 Å². The summed E-state index contributed by atoms with van der Waals surface area (Å²) in [7, 11) is 0. The van der Waals surface area contributed by atoms with E-state index in [9.17, 15) is 0 Å². The van der Waals surface area contributed by atoms with Crippen LogP contribution in [0.5, 0.6) is 11.5 Å². The average Bonchev–Trinajstić information content (AvgIpc) is 2.39. The lowest BCUT2D eigenvalue weighted by atomic mass is 9.99. The summed E-state index contributed by atoms with van der Waals surface area (Å²) in [6.45, 7) is 7.06. The molecule has 2 heterocycles. The molecule has 98 valence electrons. The lowest BCUT2D eigenvalue weighted by Gasteiger charge is -2.31. The number of likely N-dealkylation sites (tertiary alicyclic amines) is 1. The van der Waals surface area contributed by atoms with E-state index in [4.69, 9.17) is 9.47 Å². The summed E-state index contributed by atoms with van der Waals surface area (Å²) in [6, 6.07) is 6.22. The number of hydrogen-bond acceptors (Lipinski definition) is 3. The lowest BCUT2D eigenvalue weighted by molar-refractivity contribution is 0.156. The van der Waals surface area contributed by atoms with Crippen LogP contribution in [0.3, 0.4) is 0 Å². The molecule has 1 saturated heterocycles. The SMILES string of the molecule is CC1CCCN(Cc2cccc3c2OCCO3)C1. The molecule has 0 N–H and O–H groups in total. The first kappa shape index (κ1) is 11.8. The Morgan fingerprint density at radius 3 is 3.06 bits per heavy atom. The number of piperidine rings is 1. The van der Waals surface area contributed by atoms with E-state index in [1.165, 1.54) is 31.5 Å². The summed E-state index contributed by atoms with van der Waals surface area (Å²) in [5.74, 6) is 2.68. The summed E-state index contributed by atoms with van der Waals surface area (Å²) < 4.78 is 11.4. The molecule has 0 spiro atoms. The number of fused-ring (bicyclic) bond motifs is 1. The molecule has 1 aromatic carbocycles. The molecular formula is C15H21NO2. The van der Waals surface area contributed by atoms with Crippen molar-refractivity contribution in [2.45, 2.75) is 26.3 Å². The molecule has 0 radical (unpaired) electrons. The van der Waals surface area contributed by atoms with Crippen LogP contribution >= 0.6 is 0 Å². The van der Waals surface area contributed by atoms with Crippen molar-refractivity contribution in [2.75, 3.05) is 26.3 Å². The second kappa shape index (κ2) is 5.19. The van der Waals surface area contributed by atoms with Crippen LogP contribution in [0.2, 0.25) is 0 Å². The minimum absolute atomic E-state index is 0.664. The van der Waals surface area contributed by atoms with E-state index in [2.05, 4.69) is 24.0 Å². The zero-order valence-corrected chi connectivity index (χ0v) is 11.0. The van der Waals surface area contributed by atoms with E-state index >= 15 is 0 Å². The van der Waals surface area contributed by atoms with Gasteiger partial charge in [-0.3, -0.25) is 4.90 Å². The Bertz CT molecular complexity index is 419. The first-order chi connectivity index (χ1) is 8.83. The van der Waals surface area contributed by atoms with Crippen molar-refractivity contribution in [3.63, 3.8) is 0 Å². The average molecular weight is 247 g/mol. The molecule has 1 unspecified atom stereocenters. The fourth-order valence-electron chi connectivity index (χ4n) is 2.93. The van der Waals surface area contributed by atoms with Gasteiger partial charge in [-0.1, -0.05) is 19.1 Å². The number of ether oxygens (including phenoxy) is 2. The van der Waals surface area contributed by atoms with Gasteiger partial charge in [-0.2, -0.15) is 0 Å². The maximum atomic E-state index is 5.77. The van der Waals surface area contributed by atoms with Gasteiger partial charge in [-0.15, -0.1) is 0 Å². The van der Waals surface area contributed by atoms with Gasteiger partial charge in [-0.25, -0.2) is 0 Å². The molecule has 0 aliphatic carbocycles. The molecule has 0 saturated carbocycles. The molecule has 2 aliphatic rings. The van der Waals surface area contributed by atoms with Gasteiger partial charge >= 0.3 is 0 Å². The largest absolute Gasteiger partial charge is 0.486 e. The van der Waals surface area contributed by atoms with Crippen molar-refractivity contribution in [1.29, 1.82) is 0 Å². The van der Waals surface area contributed by atoms with Crippen LogP contribution in [0.25, 0.3) is 0 Å². The van der Waals surface area contributed by atoms with Crippen LogP contribution in [-0.4, -0.2) is 31.2 Å². The Kier molecular flexibility index (Phi) is 3.41. The van der Waals surface area contributed by atoms with Gasteiger partial charge in [0.1, 0.15) is 13.2 Å². The van der Waals surface area contributed by atoms with Gasteiger partial charge in [0.2, 0.25) is 0 Å². The van der Waals surface area contributed by atoms with Crippen molar-refractivity contribution in [3.8, 4) is 11.5 Å². The molecule has 3 rings (SSSR count). The Hall–Kier alpha value is -1.22. The highest BCUT2D eigenvalue weighted by atomic mass is 16.6. The van der Waals surface area contributed by atoms with Gasteiger partial charge < -0.3 is 9.47 Å². The minimum atomic E-state index is 0.664. The zero-order chi connectivity index (χ0) is 12.4. The van der Waals surface area contributed by atoms with Crippen LogP contribution in [0.4, 0.5) is 0 Å². The molecule has 0 aromatic heterocycles. The standard InChI is InChI=1S/C15H21NO2/c1-12-4-3-7-16(10-12)11-13-5-2-6-14-15(13)18-9-8-17-14/h2,5-6,12H,3-4,7-11H2,1H3. The Balaban J connectivity index is 1.76. The highest BCUT2D eigenvalue weighted by molar-refractivity contribution is 5.47. The molecule has 0 amide bonds. The third kappa shape index (κ3) is 2.46. The molecule has 1 atom stereocenters. The summed E-state index contributed by atoms with van der Waals surface area (Å²) in [5.41, 5.74) is 1.27. The second-order valence-electron chi connectivity index (χ2n) is 5.42. The van der Waals surface area contributed by atoms with Crippen LogP contribution in [0.15, 0.2) is 18.2 Å². The number of para-hydroxylation sites is 1. The van der Waals surface area contributed by atoms with E-state index in [0.29, 0.717) is 13.2 Å². The van der Waals surface area contributed by atoms with Gasteiger partial charge in [-0.05, 0) is 31.4 Å². The molecular weight excluding hydrogens is 226 g/mol.